The monoisotopic (exact) mass is 412 g/mol. The van der Waals surface area contributed by atoms with Gasteiger partial charge in [-0.2, -0.15) is 0 Å². The third-order valence-electron chi connectivity index (χ3n) is 4.43. The number of para-hydroxylation sites is 4. The van der Waals surface area contributed by atoms with Crippen LogP contribution in [0.3, 0.4) is 0 Å². The van der Waals surface area contributed by atoms with E-state index in [9.17, 15) is 0 Å². The summed E-state index contributed by atoms with van der Waals surface area (Å²) in [5.74, 6) is 2.84. The molecule has 0 fully saturated rings. The zero-order valence-corrected chi connectivity index (χ0v) is 17.0. The van der Waals surface area contributed by atoms with Crippen LogP contribution in [0.15, 0.2) is 121 Å². The number of ether oxygens (including phenoxy) is 4. The van der Waals surface area contributed by atoms with Gasteiger partial charge in [0.1, 0.15) is 23.0 Å². The molecule has 0 saturated carbocycles. The van der Waals surface area contributed by atoms with E-state index in [1.54, 1.807) is 0 Å². The third-order valence-corrected chi connectivity index (χ3v) is 4.43. The fourth-order valence-corrected chi connectivity index (χ4v) is 3.00. The smallest absolute Gasteiger partial charge is 0.248 e. The molecule has 4 rings (SSSR count). The van der Waals surface area contributed by atoms with Gasteiger partial charge in [-0.15, -0.1) is 0 Å². The van der Waals surface area contributed by atoms with Gasteiger partial charge >= 0.3 is 0 Å². The zero-order valence-electron chi connectivity index (χ0n) is 17.0. The van der Waals surface area contributed by atoms with Crippen molar-refractivity contribution in [2.24, 2.45) is 0 Å². The Morgan fingerprint density at radius 1 is 0.355 bits per heavy atom. The highest BCUT2D eigenvalue weighted by molar-refractivity contribution is 5.25. The summed E-state index contributed by atoms with van der Waals surface area (Å²) in [6, 6.07) is 38.3. The molecule has 4 aromatic rings. The van der Waals surface area contributed by atoms with Crippen LogP contribution in [-0.2, 0) is 0 Å². The highest BCUT2D eigenvalue weighted by atomic mass is 16.7. The van der Waals surface area contributed by atoms with Crippen molar-refractivity contribution in [2.75, 3.05) is 0 Å². The first kappa shape index (κ1) is 20.4. The summed E-state index contributed by atoms with van der Waals surface area (Å²) in [5.41, 5.74) is 0. The highest BCUT2D eigenvalue weighted by Gasteiger charge is 2.23. The van der Waals surface area contributed by atoms with Crippen LogP contribution in [0.5, 0.6) is 23.0 Å². The van der Waals surface area contributed by atoms with E-state index in [4.69, 9.17) is 18.9 Å². The normalized spacial score (nSPS) is 10.6. The van der Waals surface area contributed by atoms with Crippen molar-refractivity contribution in [3.05, 3.63) is 121 Å². The Kier molecular flexibility index (Phi) is 7.05. The Morgan fingerprint density at radius 2 is 0.581 bits per heavy atom. The fraction of sp³-hybridized carbons (Fsp3) is 0.111. The van der Waals surface area contributed by atoms with Crippen molar-refractivity contribution in [3.63, 3.8) is 0 Å². The molecule has 0 aliphatic heterocycles. The van der Waals surface area contributed by atoms with E-state index in [2.05, 4.69) is 0 Å². The fourth-order valence-electron chi connectivity index (χ4n) is 3.00. The van der Waals surface area contributed by atoms with Gasteiger partial charge in [0, 0.05) is 0 Å². The lowest BCUT2D eigenvalue weighted by Gasteiger charge is -2.26. The van der Waals surface area contributed by atoms with Gasteiger partial charge in [-0.05, 0) is 48.5 Å². The minimum absolute atomic E-state index is 0.341. The second-order valence-electron chi connectivity index (χ2n) is 6.82. The maximum Gasteiger partial charge on any atom is 0.248 e. The quantitative estimate of drug-likeness (QED) is 0.285. The molecule has 0 bridgehead atoms. The highest BCUT2D eigenvalue weighted by Crippen LogP contribution is 2.23. The number of benzene rings is 4. The molecule has 0 heterocycles. The molecular formula is C27H24O4. The lowest BCUT2D eigenvalue weighted by atomic mass is 10.3. The lowest BCUT2D eigenvalue weighted by Crippen LogP contribution is -2.35. The molecule has 0 amide bonds. The molecule has 0 aliphatic rings. The zero-order chi connectivity index (χ0) is 21.1. The topological polar surface area (TPSA) is 36.9 Å². The third kappa shape index (κ3) is 6.54. The molecule has 156 valence electrons. The average molecular weight is 412 g/mol. The predicted octanol–water partition coefficient (Wildman–Crippen LogP) is 6.34. The van der Waals surface area contributed by atoms with Crippen LogP contribution in [0.2, 0.25) is 0 Å². The van der Waals surface area contributed by atoms with E-state index >= 15 is 0 Å². The largest absolute Gasteiger partial charge is 0.455 e. The number of rotatable bonds is 10. The first-order chi connectivity index (χ1) is 15.3. The Labute approximate surface area is 182 Å². The average Bonchev–Trinajstić information content (AvgIpc) is 2.82. The van der Waals surface area contributed by atoms with Crippen molar-refractivity contribution in [1.29, 1.82) is 0 Å². The summed E-state index contributed by atoms with van der Waals surface area (Å²) in [6.07, 6.45) is -0.905. The molecule has 4 heteroatoms. The van der Waals surface area contributed by atoms with E-state index < -0.39 is 12.6 Å². The van der Waals surface area contributed by atoms with Crippen LogP contribution < -0.4 is 18.9 Å². The molecule has 0 N–H and O–H groups in total. The molecule has 0 atom stereocenters. The van der Waals surface area contributed by atoms with Crippen LogP contribution in [0.1, 0.15) is 6.42 Å². The van der Waals surface area contributed by atoms with Crippen LogP contribution in [-0.4, -0.2) is 12.6 Å². The van der Waals surface area contributed by atoms with Gasteiger partial charge < -0.3 is 18.9 Å². The molecule has 31 heavy (non-hydrogen) atoms. The maximum absolute atomic E-state index is 6.14. The van der Waals surface area contributed by atoms with Gasteiger partial charge in [-0.1, -0.05) is 72.8 Å². The predicted molar refractivity (Wildman–Crippen MR) is 120 cm³/mol. The molecule has 0 saturated heterocycles. The van der Waals surface area contributed by atoms with E-state index in [-0.39, 0.29) is 0 Å². The van der Waals surface area contributed by atoms with E-state index in [0.29, 0.717) is 29.4 Å². The van der Waals surface area contributed by atoms with Crippen molar-refractivity contribution >= 4 is 0 Å². The minimum Gasteiger partial charge on any atom is -0.455 e. The van der Waals surface area contributed by atoms with Gasteiger partial charge in [0.2, 0.25) is 12.6 Å². The van der Waals surface area contributed by atoms with Crippen LogP contribution in [0.4, 0.5) is 0 Å². The first-order valence-electron chi connectivity index (χ1n) is 10.2. The first-order valence-corrected chi connectivity index (χ1v) is 10.2. The van der Waals surface area contributed by atoms with Crippen LogP contribution in [0, 0.1) is 0 Å². The molecule has 0 radical (unpaired) electrons. The van der Waals surface area contributed by atoms with Crippen molar-refractivity contribution in [3.8, 4) is 23.0 Å². The summed E-state index contributed by atoms with van der Waals surface area (Å²) >= 11 is 0. The molecule has 4 aromatic carbocycles. The number of hydrogen-bond donors (Lipinski definition) is 0. The minimum atomic E-state index is -0.623. The second kappa shape index (κ2) is 10.7. The van der Waals surface area contributed by atoms with Gasteiger partial charge in [0.15, 0.2) is 0 Å². The standard InChI is InChI=1S/C27H24O4/c1-5-13-22(14-6-1)28-26(29-23-15-7-2-8-16-23)21-27(30-24-17-9-3-10-18-24)31-25-19-11-4-12-20-25/h1-20,26-27H,21H2. The van der Waals surface area contributed by atoms with Gasteiger partial charge in [0.05, 0.1) is 6.42 Å². The molecule has 0 unspecified atom stereocenters. The van der Waals surface area contributed by atoms with Gasteiger partial charge in [0.25, 0.3) is 0 Å². The molecular weight excluding hydrogens is 388 g/mol. The Balaban J connectivity index is 1.55. The van der Waals surface area contributed by atoms with Crippen LogP contribution in [0.25, 0.3) is 0 Å². The number of hydrogen-bond acceptors (Lipinski definition) is 4. The molecule has 4 nitrogen and oxygen atoms in total. The van der Waals surface area contributed by atoms with Crippen molar-refractivity contribution in [1.82, 2.24) is 0 Å². The van der Waals surface area contributed by atoms with Gasteiger partial charge in [-0.25, -0.2) is 0 Å². The van der Waals surface area contributed by atoms with Crippen molar-refractivity contribution < 1.29 is 18.9 Å². The summed E-state index contributed by atoms with van der Waals surface area (Å²) in [4.78, 5) is 0. The summed E-state index contributed by atoms with van der Waals surface area (Å²) in [5, 5.41) is 0. The molecule has 0 aliphatic carbocycles. The van der Waals surface area contributed by atoms with E-state index in [1.165, 1.54) is 0 Å². The van der Waals surface area contributed by atoms with Gasteiger partial charge in [-0.3, -0.25) is 0 Å². The summed E-state index contributed by atoms with van der Waals surface area (Å²) in [6.45, 7) is 0. The van der Waals surface area contributed by atoms with Crippen molar-refractivity contribution in [2.45, 2.75) is 19.0 Å². The second-order valence-corrected chi connectivity index (χ2v) is 6.82. The lowest BCUT2D eigenvalue weighted by molar-refractivity contribution is -0.0809. The molecule has 0 spiro atoms. The summed E-state index contributed by atoms with van der Waals surface area (Å²) < 4.78 is 24.6. The SMILES string of the molecule is c1ccc(OC(CC(Oc2ccccc2)Oc2ccccc2)Oc2ccccc2)cc1. The Hall–Kier alpha value is -3.92. The molecule has 0 aromatic heterocycles. The van der Waals surface area contributed by atoms with Crippen LogP contribution >= 0.6 is 0 Å². The van der Waals surface area contributed by atoms with E-state index in [0.717, 1.165) is 0 Å². The summed E-state index contributed by atoms with van der Waals surface area (Å²) in [7, 11) is 0. The maximum atomic E-state index is 6.14. The Bertz CT molecular complexity index is 840. The van der Waals surface area contributed by atoms with E-state index in [1.807, 2.05) is 121 Å². The Morgan fingerprint density at radius 3 is 0.806 bits per heavy atom.